The van der Waals surface area contributed by atoms with Crippen molar-refractivity contribution in [3.05, 3.63) is 6.42 Å². The van der Waals surface area contributed by atoms with Gasteiger partial charge in [0, 0.05) is 19.5 Å². The monoisotopic (exact) mass is 137 g/mol. The summed E-state index contributed by atoms with van der Waals surface area (Å²) in [7, 11) is 0. The Morgan fingerprint density at radius 3 is 3.10 bits per heavy atom. The van der Waals surface area contributed by atoms with E-state index >= 15 is 0 Å². The first-order valence-corrected chi connectivity index (χ1v) is 3.84. The average Bonchev–Trinajstić information content (AvgIpc) is 2.03. The highest BCUT2D eigenvalue weighted by molar-refractivity contribution is 4.80. The minimum atomic E-state index is 0.674. The summed E-state index contributed by atoms with van der Waals surface area (Å²) in [6, 6.07) is 2.16. The first-order valence-electron chi connectivity index (χ1n) is 3.84. The first kappa shape index (κ1) is 7.56. The molecule has 0 amide bonds. The molecule has 0 unspecified atom stereocenters. The molecule has 0 N–H and O–H groups in total. The third-order valence-corrected chi connectivity index (χ3v) is 1.81. The van der Waals surface area contributed by atoms with Gasteiger partial charge in [-0.1, -0.05) is 0 Å². The lowest BCUT2D eigenvalue weighted by Gasteiger charge is -2.24. The number of nitriles is 1. The van der Waals surface area contributed by atoms with Crippen LogP contribution in [0, 0.1) is 17.8 Å². The van der Waals surface area contributed by atoms with E-state index in [1.165, 1.54) is 19.4 Å². The second kappa shape index (κ2) is 4.29. The Morgan fingerprint density at radius 1 is 1.60 bits per heavy atom. The lowest BCUT2D eigenvalue weighted by atomic mass is 10.1. The fourth-order valence-corrected chi connectivity index (χ4v) is 1.24. The standard InChI is InChI=1S/C8H13N2/c9-5-4-8-10-6-2-1-3-7-10/h2H,1,3-4,6-8H2. The lowest BCUT2D eigenvalue weighted by Crippen LogP contribution is -2.30. The average molecular weight is 137 g/mol. The molecule has 0 aromatic carbocycles. The summed E-state index contributed by atoms with van der Waals surface area (Å²) in [5.74, 6) is 0. The van der Waals surface area contributed by atoms with Crippen LogP contribution in [0.1, 0.15) is 19.3 Å². The highest BCUT2D eigenvalue weighted by atomic mass is 15.1. The molecule has 0 spiro atoms. The van der Waals surface area contributed by atoms with Crippen LogP contribution >= 0.6 is 0 Å². The molecule has 1 fully saturated rings. The van der Waals surface area contributed by atoms with E-state index in [9.17, 15) is 0 Å². The number of hydrogen-bond acceptors (Lipinski definition) is 2. The van der Waals surface area contributed by atoms with Crippen LogP contribution in [0.15, 0.2) is 0 Å². The molecule has 1 radical (unpaired) electrons. The highest BCUT2D eigenvalue weighted by Gasteiger charge is 2.08. The van der Waals surface area contributed by atoms with Crippen molar-refractivity contribution in [3.63, 3.8) is 0 Å². The number of nitrogens with zero attached hydrogens (tertiary/aromatic N) is 2. The van der Waals surface area contributed by atoms with Crippen LogP contribution in [0.25, 0.3) is 0 Å². The Bertz CT molecular complexity index is 120. The maximum atomic E-state index is 8.31. The van der Waals surface area contributed by atoms with Crippen molar-refractivity contribution in [1.29, 1.82) is 5.26 Å². The van der Waals surface area contributed by atoms with Gasteiger partial charge in [0.1, 0.15) is 0 Å². The SMILES string of the molecule is N#CCCN1C[CH]CCC1. The molecular formula is C8H13N2. The van der Waals surface area contributed by atoms with Gasteiger partial charge in [-0.05, 0) is 25.8 Å². The van der Waals surface area contributed by atoms with E-state index in [0.29, 0.717) is 6.42 Å². The molecule has 1 rings (SSSR count). The number of piperidine rings is 1. The molecule has 1 heterocycles. The zero-order valence-corrected chi connectivity index (χ0v) is 6.21. The first-order chi connectivity index (χ1) is 4.93. The van der Waals surface area contributed by atoms with Gasteiger partial charge >= 0.3 is 0 Å². The Labute approximate surface area is 62.4 Å². The molecule has 1 aliphatic heterocycles. The van der Waals surface area contributed by atoms with E-state index in [-0.39, 0.29) is 0 Å². The van der Waals surface area contributed by atoms with Gasteiger partial charge in [-0.25, -0.2) is 0 Å². The van der Waals surface area contributed by atoms with Crippen LogP contribution < -0.4 is 0 Å². The second-order valence-corrected chi connectivity index (χ2v) is 2.64. The van der Waals surface area contributed by atoms with Crippen molar-refractivity contribution in [2.45, 2.75) is 19.3 Å². The zero-order valence-electron chi connectivity index (χ0n) is 6.21. The Balaban J connectivity index is 2.09. The van der Waals surface area contributed by atoms with Crippen molar-refractivity contribution in [1.82, 2.24) is 4.90 Å². The maximum absolute atomic E-state index is 8.31. The summed E-state index contributed by atoms with van der Waals surface area (Å²) >= 11 is 0. The summed E-state index contributed by atoms with van der Waals surface area (Å²) in [5.41, 5.74) is 0. The summed E-state index contributed by atoms with van der Waals surface area (Å²) in [4.78, 5) is 2.33. The summed E-state index contributed by atoms with van der Waals surface area (Å²) in [5, 5.41) is 8.31. The molecule has 2 heteroatoms. The molecule has 0 saturated carbocycles. The van der Waals surface area contributed by atoms with Crippen LogP contribution in [-0.2, 0) is 0 Å². The molecule has 1 aliphatic rings. The Hall–Kier alpha value is -0.550. The third kappa shape index (κ3) is 2.36. The van der Waals surface area contributed by atoms with Crippen LogP contribution in [-0.4, -0.2) is 24.5 Å². The number of likely N-dealkylation sites (tertiary alicyclic amines) is 1. The van der Waals surface area contributed by atoms with Crippen molar-refractivity contribution in [2.24, 2.45) is 0 Å². The van der Waals surface area contributed by atoms with Gasteiger partial charge in [0.25, 0.3) is 0 Å². The largest absolute Gasteiger partial charge is 0.302 e. The van der Waals surface area contributed by atoms with Gasteiger partial charge in [-0.15, -0.1) is 0 Å². The Kier molecular flexibility index (Phi) is 3.25. The van der Waals surface area contributed by atoms with Crippen molar-refractivity contribution in [2.75, 3.05) is 19.6 Å². The fraction of sp³-hybridized carbons (Fsp3) is 0.750. The van der Waals surface area contributed by atoms with Crippen molar-refractivity contribution in [3.8, 4) is 6.07 Å². The molecule has 1 saturated heterocycles. The van der Waals surface area contributed by atoms with Gasteiger partial charge in [-0.2, -0.15) is 5.26 Å². The van der Waals surface area contributed by atoms with Crippen molar-refractivity contribution >= 4 is 0 Å². The molecule has 0 aliphatic carbocycles. The normalized spacial score (nSPS) is 20.3. The van der Waals surface area contributed by atoms with E-state index < -0.39 is 0 Å². The van der Waals surface area contributed by atoms with E-state index in [1.54, 1.807) is 0 Å². The third-order valence-electron chi connectivity index (χ3n) is 1.81. The van der Waals surface area contributed by atoms with Crippen LogP contribution in [0.2, 0.25) is 0 Å². The van der Waals surface area contributed by atoms with Crippen LogP contribution in [0.3, 0.4) is 0 Å². The number of rotatable bonds is 2. The zero-order chi connectivity index (χ0) is 7.23. The molecule has 0 aromatic heterocycles. The van der Waals surface area contributed by atoms with Gasteiger partial charge < -0.3 is 4.90 Å². The maximum Gasteiger partial charge on any atom is 0.0635 e. The minimum Gasteiger partial charge on any atom is -0.302 e. The second-order valence-electron chi connectivity index (χ2n) is 2.64. The van der Waals surface area contributed by atoms with Gasteiger partial charge in [0.2, 0.25) is 0 Å². The Morgan fingerprint density at radius 2 is 2.50 bits per heavy atom. The lowest BCUT2D eigenvalue weighted by molar-refractivity contribution is 0.268. The quantitative estimate of drug-likeness (QED) is 0.571. The van der Waals surface area contributed by atoms with Crippen LogP contribution in [0.5, 0.6) is 0 Å². The predicted molar refractivity (Wildman–Crippen MR) is 40.2 cm³/mol. The minimum absolute atomic E-state index is 0.674. The molecule has 0 aromatic rings. The van der Waals surface area contributed by atoms with Crippen molar-refractivity contribution < 1.29 is 0 Å². The fourth-order valence-electron chi connectivity index (χ4n) is 1.24. The summed E-state index contributed by atoms with van der Waals surface area (Å²) < 4.78 is 0. The van der Waals surface area contributed by atoms with E-state index in [1.807, 2.05) is 0 Å². The van der Waals surface area contributed by atoms with Gasteiger partial charge in [-0.3, -0.25) is 0 Å². The molecule has 10 heavy (non-hydrogen) atoms. The number of hydrogen-bond donors (Lipinski definition) is 0. The van der Waals surface area contributed by atoms with E-state index in [2.05, 4.69) is 17.4 Å². The molecular weight excluding hydrogens is 124 g/mol. The smallest absolute Gasteiger partial charge is 0.0635 e. The topological polar surface area (TPSA) is 27.0 Å². The van der Waals surface area contributed by atoms with E-state index in [0.717, 1.165) is 13.1 Å². The van der Waals surface area contributed by atoms with Gasteiger partial charge in [0.05, 0.1) is 6.07 Å². The summed E-state index contributed by atoms with van der Waals surface area (Å²) in [6.07, 6.45) is 5.49. The highest BCUT2D eigenvalue weighted by Crippen LogP contribution is 2.07. The molecule has 0 atom stereocenters. The molecule has 0 bridgehead atoms. The molecule has 2 nitrogen and oxygen atoms in total. The van der Waals surface area contributed by atoms with Gasteiger partial charge in [0.15, 0.2) is 0 Å². The van der Waals surface area contributed by atoms with E-state index in [4.69, 9.17) is 5.26 Å². The predicted octanol–water partition coefficient (Wildman–Crippen LogP) is 1.20. The molecule has 55 valence electrons. The van der Waals surface area contributed by atoms with Crippen LogP contribution in [0.4, 0.5) is 0 Å². The summed E-state index contributed by atoms with van der Waals surface area (Å²) in [6.45, 7) is 3.22.